The number of esters is 1. The van der Waals surface area contributed by atoms with Gasteiger partial charge in [-0.15, -0.1) is 11.3 Å². The third-order valence-corrected chi connectivity index (χ3v) is 8.31. The van der Waals surface area contributed by atoms with Crippen LogP contribution >= 0.6 is 22.7 Å². The van der Waals surface area contributed by atoms with E-state index in [0.717, 1.165) is 43.3 Å². The van der Waals surface area contributed by atoms with Crippen molar-refractivity contribution in [3.63, 3.8) is 0 Å². The van der Waals surface area contributed by atoms with Crippen LogP contribution in [0.15, 0.2) is 65.4 Å². The maximum Gasteiger partial charge on any atom is 0.344 e. The Kier molecular flexibility index (Phi) is 7.34. The third-order valence-electron chi connectivity index (χ3n) is 6.58. The molecule has 1 atom stereocenters. The first-order chi connectivity index (χ1) is 18.7. The quantitative estimate of drug-likeness (QED) is 0.134. The van der Waals surface area contributed by atoms with Crippen molar-refractivity contribution in [1.82, 2.24) is 0 Å². The van der Waals surface area contributed by atoms with E-state index in [-0.39, 0.29) is 5.54 Å². The molecule has 0 saturated carbocycles. The number of carbonyl (C=O) groups is 2. The number of allylic oxidation sites excluding steroid dienone is 1. The number of rotatable bonds is 8. The van der Waals surface area contributed by atoms with Crippen LogP contribution in [0.1, 0.15) is 58.1 Å². The highest BCUT2D eigenvalue weighted by Gasteiger charge is 2.32. The molecule has 200 valence electrons. The average Bonchev–Trinajstić information content (AvgIpc) is 3.58. The maximum absolute atomic E-state index is 12.5. The van der Waals surface area contributed by atoms with Gasteiger partial charge in [-0.25, -0.2) is 4.79 Å². The van der Waals surface area contributed by atoms with Crippen LogP contribution in [0.2, 0.25) is 0 Å². The van der Waals surface area contributed by atoms with Crippen LogP contribution in [-0.2, 0) is 9.53 Å². The molecule has 8 heteroatoms. The summed E-state index contributed by atoms with van der Waals surface area (Å²) in [5.41, 5.74) is 5.80. The standard InChI is InChI=1S/C31H29NO5S2/c1-18-15-31(3,4)32-24-10-9-23(28(27(18)24)29(36-17-33)26-11-6-19(2)39-26)22-8-7-21(14-25(22)35-5)37-30(34)20-12-13-38-16-20/h6-17,29,32H,1-5H3. The van der Waals surface area contributed by atoms with Gasteiger partial charge >= 0.3 is 5.97 Å². The normalized spacial score (nSPS) is 14.4. The Labute approximate surface area is 235 Å². The topological polar surface area (TPSA) is 73.9 Å². The highest BCUT2D eigenvalue weighted by Crippen LogP contribution is 2.48. The van der Waals surface area contributed by atoms with E-state index < -0.39 is 12.1 Å². The fourth-order valence-electron chi connectivity index (χ4n) is 5.08. The van der Waals surface area contributed by atoms with Gasteiger partial charge in [0.15, 0.2) is 6.10 Å². The van der Waals surface area contributed by atoms with Crippen molar-refractivity contribution in [1.29, 1.82) is 0 Å². The molecule has 0 amide bonds. The second-order valence-electron chi connectivity index (χ2n) is 9.95. The van der Waals surface area contributed by atoms with Crippen LogP contribution in [0.4, 0.5) is 5.69 Å². The number of carbonyl (C=O) groups excluding carboxylic acids is 2. The van der Waals surface area contributed by atoms with Crippen LogP contribution in [-0.4, -0.2) is 25.1 Å². The van der Waals surface area contributed by atoms with Crippen molar-refractivity contribution >= 4 is 46.4 Å². The Morgan fingerprint density at radius 2 is 1.85 bits per heavy atom. The highest BCUT2D eigenvalue weighted by molar-refractivity contribution is 7.12. The summed E-state index contributed by atoms with van der Waals surface area (Å²) in [5, 5.41) is 7.19. The summed E-state index contributed by atoms with van der Waals surface area (Å²) in [6.07, 6.45) is 1.56. The predicted molar refractivity (Wildman–Crippen MR) is 157 cm³/mol. The first-order valence-electron chi connectivity index (χ1n) is 12.4. The molecule has 0 saturated heterocycles. The van der Waals surface area contributed by atoms with E-state index >= 15 is 0 Å². The van der Waals surface area contributed by atoms with Crippen LogP contribution in [0, 0.1) is 6.92 Å². The van der Waals surface area contributed by atoms with Gasteiger partial charge in [-0.05, 0) is 80.6 Å². The smallest absolute Gasteiger partial charge is 0.344 e. The average molecular weight is 560 g/mol. The van der Waals surface area contributed by atoms with Crippen molar-refractivity contribution < 1.29 is 23.8 Å². The minimum atomic E-state index is -0.627. The Morgan fingerprint density at radius 3 is 2.51 bits per heavy atom. The van der Waals surface area contributed by atoms with Crippen LogP contribution < -0.4 is 14.8 Å². The fourth-order valence-corrected chi connectivity index (χ4v) is 6.63. The lowest BCUT2D eigenvalue weighted by Crippen LogP contribution is -2.32. The van der Waals surface area contributed by atoms with Gasteiger partial charge in [-0.1, -0.05) is 12.1 Å². The molecule has 5 rings (SSSR count). The van der Waals surface area contributed by atoms with Crippen molar-refractivity contribution in [3.8, 4) is 22.6 Å². The summed E-state index contributed by atoms with van der Waals surface area (Å²) in [4.78, 5) is 26.4. The number of hydrogen-bond donors (Lipinski definition) is 1. The van der Waals surface area contributed by atoms with Crippen molar-refractivity contribution in [2.45, 2.75) is 39.3 Å². The Morgan fingerprint density at radius 1 is 1.05 bits per heavy atom. The van der Waals surface area contributed by atoms with Gasteiger partial charge in [-0.2, -0.15) is 11.3 Å². The highest BCUT2D eigenvalue weighted by atomic mass is 32.1. The molecule has 0 radical (unpaired) electrons. The third kappa shape index (κ3) is 5.35. The summed E-state index contributed by atoms with van der Waals surface area (Å²) in [7, 11) is 1.58. The Bertz CT molecular complexity index is 1570. The van der Waals surface area contributed by atoms with Crippen LogP contribution in [0.25, 0.3) is 16.7 Å². The molecule has 6 nitrogen and oxygen atoms in total. The summed E-state index contributed by atoms with van der Waals surface area (Å²) < 4.78 is 17.2. The van der Waals surface area contributed by atoms with E-state index in [1.54, 1.807) is 42.0 Å². The molecular weight excluding hydrogens is 530 g/mol. The SMILES string of the molecule is COc1cc(OC(=O)c2ccsc2)ccc1-c1ccc2c(c1C(OC=O)c1ccc(C)s1)C(C)=CC(C)(C)N2. The lowest BCUT2D eigenvalue weighted by Gasteiger charge is -2.34. The van der Waals surface area contributed by atoms with E-state index in [9.17, 15) is 9.59 Å². The Hall–Kier alpha value is -3.88. The fraction of sp³-hybridized carbons (Fsp3) is 0.226. The summed E-state index contributed by atoms with van der Waals surface area (Å²) in [5.74, 6) is 0.479. The summed E-state index contributed by atoms with van der Waals surface area (Å²) in [6, 6.07) is 15.1. The molecule has 0 spiro atoms. The number of anilines is 1. The molecule has 1 aliphatic heterocycles. The number of benzene rings is 2. The van der Waals surface area contributed by atoms with Gasteiger partial charge in [0.05, 0.1) is 18.2 Å². The van der Waals surface area contributed by atoms with Gasteiger partial charge in [0, 0.05) is 43.6 Å². The van der Waals surface area contributed by atoms with E-state index in [0.29, 0.717) is 23.5 Å². The van der Waals surface area contributed by atoms with Gasteiger partial charge in [0.25, 0.3) is 6.47 Å². The van der Waals surface area contributed by atoms with E-state index in [1.807, 2.05) is 42.6 Å². The molecule has 39 heavy (non-hydrogen) atoms. The molecule has 4 aromatic rings. The second-order valence-corrected chi connectivity index (χ2v) is 12.0. The van der Waals surface area contributed by atoms with E-state index in [1.165, 1.54) is 11.3 Å². The maximum atomic E-state index is 12.5. The van der Waals surface area contributed by atoms with Crippen molar-refractivity contribution in [3.05, 3.63) is 91.8 Å². The first-order valence-corrected chi connectivity index (χ1v) is 14.2. The van der Waals surface area contributed by atoms with Crippen LogP contribution in [0.3, 0.4) is 0 Å². The molecule has 0 aliphatic carbocycles. The lowest BCUT2D eigenvalue weighted by molar-refractivity contribution is -0.132. The molecule has 3 heterocycles. The molecule has 0 fully saturated rings. The number of ether oxygens (including phenoxy) is 3. The largest absolute Gasteiger partial charge is 0.496 e. The summed E-state index contributed by atoms with van der Waals surface area (Å²) in [6.45, 7) is 8.85. The lowest BCUT2D eigenvalue weighted by atomic mass is 9.82. The minimum Gasteiger partial charge on any atom is -0.496 e. The van der Waals surface area contributed by atoms with Gasteiger partial charge in [-0.3, -0.25) is 4.79 Å². The van der Waals surface area contributed by atoms with E-state index in [2.05, 4.69) is 32.2 Å². The van der Waals surface area contributed by atoms with E-state index in [4.69, 9.17) is 14.2 Å². The Balaban J connectivity index is 1.68. The first kappa shape index (κ1) is 26.7. The zero-order valence-electron chi connectivity index (χ0n) is 22.4. The number of methoxy groups -OCH3 is 1. The molecule has 1 unspecified atom stereocenters. The molecule has 2 aromatic heterocycles. The second kappa shape index (κ2) is 10.7. The van der Waals surface area contributed by atoms with Crippen molar-refractivity contribution in [2.24, 2.45) is 0 Å². The monoisotopic (exact) mass is 559 g/mol. The summed E-state index contributed by atoms with van der Waals surface area (Å²) >= 11 is 3.03. The number of hydrogen-bond acceptors (Lipinski definition) is 8. The molecule has 1 N–H and O–H groups in total. The zero-order chi connectivity index (χ0) is 27.7. The number of thiophene rings is 2. The van der Waals surface area contributed by atoms with Crippen molar-refractivity contribution in [2.75, 3.05) is 12.4 Å². The van der Waals surface area contributed by atoms with Gasteiger partial charge < -0.3 is 19.5 Å². The van der Waals surface area contributed by atoms with Gasteiger partial charge in [0.2, 0.25) is 0 Å². The zero-order valence-corrected chi connectivity index (χ0v) is 24.0. The molecule has 1 aliphatic rings. The van der Waals surface area contributed by atoms with Gasteiger partial charge in [0.1, 0.15) is 11.5 Å². The minimum absolute atomic E-state index is 0.234. The molecule has 0 bridgehead atoms. The number of fused-ring (bicyclic) bond motifs is 1. The van der Waals surface area contributed by atoms with Crippen LogP contribution in [0.5, 0.6) is 11.5 Å². The molecular formula is C31H29NO5S2. The molecule has 2 aromatic carbocycles. The number of nitrogens with one attached hydrogen (secondary N) is 1. The number of aryl methyl sites for hydroxylation is 1. The predicted octanol–water partition coefficient (Wildman–Crippen LogP) is 7.88.